The van der Waals surface area contributed by atoms with Gasteiger partial charge in [0.2, 0.25) is 0 Å². The van der Waals surface area contributed by atoms with Gasteiger partial charge in [0, 0.05) is 16.1 Å². The van der Waals surface area contributed by atoms with E-state index in [4.69, 9.17) is 0 Å². The van der Waals surface area contributed by atoms with Gasteiger partial charge in [0.25, 0.3) is 11.8 Å². The number of carbonyl (C=O) groups excluding carboxylic acids is 2. The zero-order valence-corrected chi connectivity index (χ0v) is 11.2. The maximum absolute atomic E-state index is 12.6. The molecule has 1 aromatic carbocycles. The van der Waals surface area contributed by atoms with E-state index in [9.17, 15) is 22.8 Å². The molecule has 19 heavy (non-hydrogen) atoms. The Bertz CT molecular complexity index is 607. The van der Waals surface area contributed by atoms with Gasteiger partial charge < -0.3 is 0 Å². The number of rotatable bonds is 1. The molecule has 0 radical (unpaired) electrons. The second kappa shape index (κ2) is 4.48. The predicted molar refractivity (Wildman–Crippen MR) is 65.4 cm³/mol. The molecule has 2 rings (SSSR count). The summed E-state index contributed by atoms with van der Waals surface area (Å²) in [6.45, 7) is 1.43. The van der Waals surface area contributed by atoms with Crippen molar-refractivity contribution < 1.29 is 22.8 Å². The quantitative estimate of drug-likeness (QED) is 0.739. The molecule has 0 aromatic heterocycles. The van der Waals surface area contributed by atoms with Crippen LogP contribution >= 0.6 is 15.9 Å². The van der Waals surface area contributed by atoms with E-state index in [1.54, 1.807) is 0 Å². The molecule has 0 saturated carbocycles. The summed E-state index contributed by atoms with van der Waals surface area (Å²) in [5.41, 5.74) is -0.844. The molecular formula is C12H7BrF3NO2. The molecule has 1 aliphatic rings. The van der Waals surface area contributed by atoms with Gasteiger partial charge in [0.1, 0.15) is 0 Å². The van der Waals surface area contributed by atoms with Crippen LogP contribution in [0.4, 0.5) is 18.9 Å². The van der Waals surface area contributed by atoms with Crippen LogP contribution in [0, 0.1) is 0 Å². The van der Waals surface area contributed by atoms with Crippen LogP contribution in [-0.4, -0.2) is 11.8 Å². The van der Waals surface area contributed by atoms with Gasteiger partial charge in [-0.2, -0.15) is 13.2 Å². The van der Waals surface area contributed by atoms with Gasteiger partial charge in [0.05, 0.1) is 11.3 Å². The zero-order valence-electron chi connectivity index (χ0n) is 9.58. The highest BCUT2D eigenvalue weighted by Gasteiger charge is 2.35. The van der Waals surface area contributed by atoms with Crippen LogP contribution in [0.1, 0.15) is 12.5 Å². The van der Waals surface area contributed by atoms with E-state index in [1.807, 2.05) is 0 Å². The third-order valence-electron chi connectivity index (χ3n) is 2.62. The van der Waals surface area contributed by atoms with Gasteiger partial charge in [-0.25, -0.2) is 4.90 Å². The van der Waals surface area contributed by atoms with E-state index in [-0.39, 0.29) is 15.7 Å². The topological polar surface area (TPSA) is 37.4 Å². The first kappa shape index (κ1) is 13.8. The van der Waals surface area contributed by atoms with E-state index < -0.39 is 23.6 Å². The van der Waals surface area contributed by atoms with Crippen LogP contribution in [0.2, 0.25) is 0 Å². The Balaban J connectivity index is 2.52. The molecule has 0 saturated heterocycles. The lowest BCUT2D eigenvalue weighted by Crippen LogP contribution is -2.31. The van der Waals surface area contributed by atoms with Crippen LogP contribution < -0.4 is 4.90 Å². The van der Waals surface area contributed by atoms with Crippen molar-refractivity contribution in [2.75, 3.05) is 4.90 Å². The number of imide groups is 1. The number of alkyl halides is 3. The minimum Gasteiger partial charge on any atom is -0.269 e. The molecule has 0 fully saturated rings. The molecule has 1 aromatic rings. The zero-order chi connectivity index (χ0) is 14.4. The lowest BCUT2D eigenvalue weighted by molar-refractivity contribution is -0.137. The molecule has 0 spiro atoms. The van der Waals surface area contributed by atoms with Gasteiger partial charge in [-0.15, -0.1) is 0 Å². The third-order valence-corrected chi connectivity index (χ3v) is 3.29. The molecule has 0 N–H and O–H groups in total. The fourth-order valence-corrected chi connectivity index (χ4v) is 2.10. The van der Waals surface area contributed by atoms with Crippen molar-refractivity contribution in [3.8, 4) is 0 Å². The Morgan fingerprint density at radius 2 is 1.84 bits per heavy atom. The summed E-state index contributed by atoms with van der Waals surface area (Å²) in [7, 11) is 0. The molecule has 0 unspecified atom stereocenters. The van der Waals surface area contributed by atoms with Crippen LogP contribution in [-0.2, 0) is 15.8 Å². The Labute approximate surface area is 114 Å². The summed E-state index contributed by atoms with van der Waals surface area (Å²) in [6, 6.07) is 2.80. The van der Waals surface area contributed by atoms with Gasteiger partial charge in [-0.1, -0.05) is 0 Å². The molecule has 1 aliphatic heterocycles. The number of carbonyl (C=O) groups is 2. The highest BCUT2D eigenvalue weighted by atomic mass is 79.9. The molecule has 0 atom stereocenters. The first-order valence-electron chi connectivity index (χ1n) is 5.15. The molecular weight excluding hydrogens is 327 g/mol. The highest BCUT2D eigenvalue weighted by Crippen LogP contribution is 2.37. The van der Waals surface area contributed by atoms with Crippen molar-refractivity contribution in [2.24, 2.45) is 0 Å². The highest BCUT2D eigenvalue weighted by molar-refractivity contribution is 9.10. The van der Waals surface area contributed by atoms with Gasteiger partial charge in [-0.05, 0) is 41.1 Å². The SMILES string of the molecule is CC1=CC(=O)N(c2cc(C(F)(F)F)ccc2Br)C1=O. The van der Waals surface area contributed by atoms with Crippen LogP contribution in [0.15, 0.2) is 34.3 Å². The first-order chi connectivity index (χ1) is 8.71. The fourth-order valence-electron chi connectivity index (χ4n) is 1.68. The maximum atomic E-state index is 12.6. The van der Waals surface area contributed by atoms with Crippen molar-refractivity contribution in [3.63, 3.8) is 0 Å². The molecule has 1 heterocycles. The number of hydrogen-bond donors (Lipinski definition) is 0. The minimum absolute atomic E-state index is 0.113. The predicted octanol–water partition coefficient (Wildman–Crippen LogP) is 3.29. The van der Waals surface area contributed by atoms with E-state index >= 15 is 0 Å². The summed E-state index contributed by atoms with van der Waals surface area (Å²) >= 11 is 3.05. The Morgan fingerprint density at radius 1 is 1.21 bits per heavy atom. The summed E-state index contributed by atoms with van der Waals surface area (Å²) in [4.78, 5) is 24.1. The summed E-state index contributed by atoms with van der Waals surface area (Å²) in [5, 5.41) is 0. The average molecular weight is 334 g/mol. The summed E-state index contributed by atoms with van der Waals surface area (Å²) in [6.07, 6.45) is -3.45. The van der Waals surface area contributed by atoms with Crippen LogP contribution in [0.25, 0.3) is 0 Å². The molecule has 0 bridgehead atoms. The van der Waals surface area contributed by atoms with Crippen molar-refractivity contribution in [3.05, 3.63) is 39.9 Å². The Kier molecular flexibility index (Phi) is 3.25. The lowest BCUT2D eigenvalue weighted by Gasteiger charge is -2.18. The Morgan fingerprint density at radius 3 is 2.32 bits per heavy atom. The molecule has 0 aliphatic carbocycles. The summed E-state index contributed by atoms with van der Waals surface area (Å²) in [5.74, 6) is -1.27. The third kappa shape index (κ3) is 2.42. The molecule has 100 valence electrons. The van der Waals surface area contributed by atoms with E-state index in [1.165, 1.54) is 6.92 Å². The molecule has 7 heteroatoms. The number of amides is 2. The largest absolute Gasteiger partial charge is 0.416 e. The van der Waals surface area contributed by atoms with Gasteiger partial charge >= 0.3 is 6.18 Å². The molecule has 2 amide bonds. The smallest absolute Gasteiger partial charge is 0.269 e. The van der Waals surface area contributed by atoms with Crippen molar-refractivity contribution in [2.45, 2.75) is 13.1 Å². The van der Waals surface area contributed by atoms with E-state index in [2.05, 4.69) is 15.9 Å². The van der Waals surface area contributed by atoms with Crippen molar-refractivity contribution >= 4 is 33.4 Å². The first-order valence-corrected chi connectivity index (χ1v) is 5.94. The number of halogens is 4. The number of benzene rings is 1. The average Bonchev–Trinajstić information content (AvgIpc) is 2.53. The lowest BCUT2D eigenvalue weighted by atomic mass is 10.2. The fraction of sp³-hybridized carbons (Fsp3) is 0.167. The van der Waals surface area contributed by atoms with Crippen LogP contribution in [0.3, 0.4) is 0 Å². The number of hydrogen-bond acceptors (Lipinski definition) is 2. The summed E-state index contributed by atoms with van der Waals surface area (Å²) < 4.78 is 38.2. The van der Waals surface area contributed by atoms with Gasteiger partial charge in [-0.3, -0.25) is 9.59 Å². The standard InChI is InChI=1S/C12H7BrF3NO2/c1-6-4-10(18)17(11(6)19)9-5-7(12(14,15)16)2-3-8(9)13/h2-5H,1H3. The van der Waals surface area contributed by atoms with E-state index in [0.29, 0.717) is 4.90 Å². The second-order valence-electron chi connectivity index (χ2n) is 3.97. The van der Waals surface area contributed by atoms with E-state index in [0.717, 1.165) is 24.3 Å². The normalized spacial score (nSPS) is 16.1. The van der Waals surface area contributed by atoms with Gasteiger partial charge in [0.15, 0.2) is 0 Å². The molecule has 3 nitrogen and oxygen atoms in total. The number of anilines is 1. The minimum atomic E-state index is -4.54. The number of nitrogens with zero attached hydrogens (tertiary/aromatic N) is 1. The van der Waals surface area contributed by atoms with Crippen molar-refractivity contribution in [1.29, 1.82) is 0 Å². The monoisotopic (exact) mass is 333 g/mol. The second-order valence-corrected chi connectivity index (χ2v) is 4.82. The van der Waals surface area contributed by atoms with Crippen molar-refractivity contribution in [1.82, 2.24) is 0 Å². The van der Waals surface area contributed by atoms with Crippen LogP contribution in [0.5, 0.6) is 0 Å². The maximum Gasteiger partial charge on any atom is 0.416 e. The Hall–Kier alpha value is -1.63.